The fraction of sp³-hybridized carbons (Fsp3) is 0.333. The Morgan fingerprint density at radius 2 is 1.85 bits per heavy atom. The molecule has 0 spiro atoms. The summed E-state index contributed by atoms with van der Waals surface area (Å²) in [6.07, 6.45) is 1.05. The molecule has 0 saturated carbocycles. The number of benzene rings is 2. The zero-order chi connectivity index (χ0) is 18.5. The molecule has 4 nitrogen and oxygen atoms in total. The molecule has 0 radical (unpaired) electrons. The van der Waals surface area contributed by atoms with Gasteiger partial charge in [0.2, 0.25) is 0 Å². The first kappa shape index (κ1) is 18.5. The molecular weight excluding hydrogens is 342 g/mol. The van der Waals surface area contributed by atoms with Gasteiger partial charge in [-0.05, 0) is 56.6 Å². The maximum atomic E-state index is 6.03. The summed E-state index contributed by atoms with van der Waals surface area (Å²) in [4.78, 5) is 6.84. The largest absolute Gasteiger partial charge is 0.430 e. The number of likely N-dealkylation sites (N-methyl/N-ethyl adjacent to an activating group) is 1. The van der Waals surface area contributed by atoms with Crippen molar-refractivity contribution in [2.75, 3.05) is 20.1 Å². The number of hydrogen-bond acceptors (Lipinski definition) is 5. The van der Waals surface area contributed by atoms with Crippen molar-refractivity contribution in [2.24, 2.45) is 0 Å². The van der Waals surface area contributed by atoms with Gasteiger partial charge in [-0.15, -0.1) is 0 Å². The first-order valence-electron chi connectivity index (χ1n) is 8.92. The summed E-state index contributed by atoms with van der Waals surface area (Å²) in [6, 6.07) is 14.3. The minimum Gasteiger partial charge on any atom is -0.430 e. The van der Waals surface area contributed by atoms with Crippen LogP contribution in [-0.2, 0) is 6.42 Å². The van der Waals surface area contributed by atoms with Gasteiger partial charge in [0.1, 0.15) is 5.75 Å². The maximum absolute atomic E-state index is 6.03. The van der Waals surface area contributed by atoms with Gasteiger partial charge in [0.25, 0.3) is 5.19 Å². The minimum atomic E-state index is 0.574. The summed E-state index contributed by atoms with van der Waals surface area (Å²) in [5.41, 5.74) is 4.75. The zero-order valence-corrected chi connectivity index (χ0v) is 16.6. The Kier molecular flexibility index (Phi) is 6.01. The number of nitrogens with zero attached hydrogens (tertiary/aromatic N) is 3. The highest BCUT2D eigenvalue weighted by Crippen LogP contribution is 2.31. The average molecular weight is 368 g/mol. The van der Waals surface area contributed by atoms with Crippen molar-refractivity contribution < 1.29 is 4.74 Å². The smallest absolute Gasteiger partial charge is 0.299 e. The van der Waals surface area contributed by atoms with Crippen LogP contribution in [0.1, 0.15) is 23.6 Å². The molecule has 0 fully saturated rings. The van der Waals surface area contributed by atoms with E-state index in [4.69, 9.17) is 4.74 Å². The van der Waals surface area contributed by atoms with Crippen LogP contribution >= 0.6 is 11.5 Å². The van der Waals surface area contributed by atoms with Gasteiger partial charge in [-0.2, -0.15) is 9.36 Å². The van der Waals surface area contributed by atoms with Crippen molar-refractivity contribution in [1.29, 1.82) is 0 Å². The van der Waals surface area contributed by atoms with E-state index in [2.05, 4.69) is 54.2 Å². The zero-order valence-electron chi connectivity index (χ0n) is 15.8. The van der Waals surface area contributed by atoms with Gasteiger partial charge in [-0.1, -0.05) is 43.3 Å². The summed E-state index contributed by atoms with van der Waals surface area (Å²) in [7, 11) is 2.15. The quantitative estimate of drug-likeness (QED) is 0.582. The van der Waals surface area contributed by atoms with Gasteiger partial charge < -0.3 is 9.64 Å². The molecule has 0 atom stereocenters. The molecule has 0 amide bonds. The molecule has 0 aliphatic rings. The predicted octanol–water partition coefficient (Wildman–Crippen LogP) is 5.11. The second-order valence-corrected chi connectivity index (χ2v) is 7.26. The molecule has 1 aromatic heterocycles. The molecule has 1 heterocycles. The molecular formula is C21H25N3OS. The SMILES string of the molecule is CCN(C)CCc1cc(C)c(Oc2nc(-c3ccccc3)ns2)cc1C. The molecule has 3 aromatic rings. The standard InChI is InChI=1S/C21H25N3OS/c1-5-24(4)12-11-18-13-16(3)19(14-15(18)2)25-21-22-20(23-26-21)17-9-7-6-8-10-17/h6-10,13-14H,5,11-12H2,1-4H3. The predicted molar refractivity (Wildman–Crippen MR) is 108 cm³/mol. The van der Waals surface area contributed by atoms with Crippen LogP contribution in [0, 0.1) is 13.8 Å². The highest BCUT2D eigenvalue weighted by Gasteiger charge is 2.11. The minimum absolute atomic E-state index is 0.574. The summed E-state index contributed by atoms with van der Waals surface area (Å²) in [6.45, 7) is 8.54. The molecule has 0 aliphatic heterocycles. The van der Waals surface area contributed by atoms with E-state index in [1.807, 2.05) is 30.3 Å². The van der Waals surface area contributed by atoms with Crippen LogP contribution in [0.15, 0.2) is 42.5 Å². The third-order valence-electron chi connectivity index (χ3n) is 4.57. The van der Waals surface area contributed by atoms with Crippen molar-refractivity contribution in [3.63, 3.8) is 0 Å². The van der Waals surface area contributed by atoms with E-state index in [0.717, 1.165) is 36.4 Å². The Bertz CT molecular complexity index is 861. The number of rotatable bonds is 7. The van der Waals surface area contributed by atoms with Crippen molar-refractivity contribution in [3.8, 4) is 22.3 Å². The van der Waals surface area contributed by atoms with Crippen LogP contribution < -0.4 is 4.74 Å². The average Bonchev–Trinajstić information content (AvgIpc) is 3.12. The Labute approximate surface area is 159 Å². The van der Waals surface area contributed by atoms with Crippen LogP contribution in [0.4, 0.5) is 0 Å². The van der Waals surface area contributed by atoms with E-state index in [0.29, 0.717) is 11.0 Å². The van der Waals surface area contributed by atoms with E-state index < -0.39 is 0 Å². The second kappa shape index (κ2) is 8.43. The molecule has 26 heavy (non-hydrogen) atoms. The number of ether oxygens (including phenoxy) is 1. The number of hydrogen-bond donors (Lipinski definition) is 0. The van der Waals surface area contributed by atoms with E-state index in [1.54, 1.807) is 0 Å². The first-order chi connectivity index (χ1) is 12.6. The molecule has 136 valence electrons. The lowest BCUT2D eigenvalue weighted by Crippen LogP contribution is -2.20. The Morgan fingerprint density at radius 3 is 2.58 bits per heavy atom. The van der Waals surface area contributed by atoms with Crippen LogP contribution in [0.2, 0.25) is 0 Å². The highest BCUT2D eigenvalue weighted by molar-refractivity contribution is 7.07. The van der Waals surface area contributed by atoms with Gasteiger partial charge in [-0.3, -0.25) is 0 Å². The van der Waals surface area contributed by atoms with Crippen LogP contribution in [0.5, 0.6) is 10.9 Å². The van der Waals surface area contributed by atoms with E-state index in [-0.39, 0.29) is 0 Å². The third-order valence-corrected chi connectivity index (χ3v) is 5.17. The second-order valence-electron chi connectivity index (χ2n) is 6.54. The van der Waals surface area contributed by atoms with E-state index in [9.17, 15) is 0 Å². The highest BCUT2D eigenvalue weighted by atomic mass is 32.1. The fourth-order valence-electron chi connectivity index (χ4n) is 2.75. The van der Waals surface area contributed by atoms with Crippen molar-refractivity contribution in [1.82, 2.24) is 14.3 Å². The van der Waals surface area contributed by atoms with E-state index >= 15 is 0 Å². The summed E-state index contributed by atoms with van der Waals surface area (Å²) < 4.78 is 10.4. The topological polar surface area (TPSA) is 38.2 Å². The van der Waals surface area contributed by atoms with Crippen LogP contribution in [0.3, 0.4) is 0 Å². The molecule has 2 aromatic carbocycles. The Morgan fingerprint density at radius 1 is 1.08 bits per heavy atom. The lowest BCUT2D eigenvalue weighted by Gasteiger charge is -2.16. The lowest BCUT2D eigenvalue weighted by molar-refractivity contribution is 0.357. The molecule has 0 aliphatic carbocycles. The summed E-state index contributed by atoms with van der Waals surface area (Å²) in [5, 5.41) is 0.574. The van der Waals surface area contributed by atoms with Crippen LogP contribution in [-0.4, -0.2) is 34.4 Å². The number of aryl methyl sites for hydroxylation is 2. The maximum Gasteiger partial charge on any atom is 0.299 e. The van der Waals surface area contributed by atoms with Crippen molar-refractivity contribution in [2.45, 2.75) is 27.2 Å². The van der Waals surface area contributed by atoms with Crippen molar-refractivity contribution in [3.05, 3.63) is 59.2 Å². The third kappa shape index (κ3) is 4.48. The van der Waals surface area contributed by atoms with Crippen LogP contribution in [0.25, 0.3) is 11.4 Å². The van der Waals surface area contributed by atoms with Gasteiger partial charge in [0, 0.05) is 23.6 Å². The lowest BCUT2D eigenvalue weighted by atomic mass is 10.0. The van der Waals surface area contributed by atoms with Gasteiger partial charge in [0.05, 0.1) is 0 Å². The van der Waals surface area contributed by atoms with Gasteiger partial charge in [0.15, 0.2) is 5.82 Å². The molecule has 0 unspecified atom stereocenters. The van der Waals surface area contributed by atoms with Gasteiger partial charge >= 0.3 is 0 Å². The normalized spacial score (nSPS) is 11.1. The van der Waals surface area contributed by atoms with Gasteiger partial charge in [-0.25, -0.2) is 0 Å². The van der Waals surface area contributed by atoms with Crippen molar-refractivity contribution >= 4 is 11.5 Å². The summed E-state index contributed by atoms with van der Waals surface area (Å²) in [5.74, 6) is 1.56. The molecule has 0 bridgehead atoms. The molecule has 5 heteroatoms. The monoisotopic (exact) mass is 367 g/mol. The molecule has 0 N–H and O–H groups in total. The Hall–Kier alpha value is -2.24. The summed E-state index contributed by atoms with van der Waals surface area (Å²) >= 11 is 1.29. The first-order valence-corrected chi connectivity index (χ1v) is 9.69. The number of aromatic nitrogens is 2. The molecule has 0 saturated heterocycles. The fourth-order valence-corrected chi connectivity index (χ4v) is 3.31. The Balaban J connectivity index is 1.74. The molecule has 3 rings (SSSR count). The van der Waals surface area contributed by atoms with E-state index in [1.165, 1.54) is 22.7 Å².